The Morgan fingerprint density at radius 2 is 2.11 bits per heavy atom. The van der Waals surface area contributed by atoms with Gasteiger partial charge in [-0.3, -0.25) is 0 Å². The minimum Gasteiger partial charge on any atom is -0.374 e. The van der Waals surface area contributed by atoms with Crippen molar-refractivity contribution in [3.8, 4) is 0 Å². The number of halogens is 3. The van der Waals surface area contributed by atoms with Crippen LogP contribution < -0.4 is 10.6 Å². The maximum atomic E-state index is 13.0. The van der Waals surface area contributed by atoms with Gasteiger partial charge in [0.2, 0.25) is 0 Å². The Labute approximate surface area is 105 Å². The SMILES string of the molecule is CN1CCC(CCN)c2cccc(C(F)(F)F)c21. The third-order valence-corrected chi connectivity index (χ3v) is 3.52. The van der Waals surface area contributed by atoms with Crippen molar-refractivity contribution in [2.75, 3.05) is 25.0 Å². The van der Waals surface area contributed by atoms with Gasteiger partial charge in [0.05, 0.1) is 11.3 Å². The minimum atomic E-state index is -4.30. The highest BCUT2D eigenvalue weighted by atomic mass is 19.4. The smallest absolute Gasteiger partial charge is 0.374 e. The van der Waals surface area contributed by atoms with Gasteiger partial charge in [-0.05, 0) is 36.9 Å². The molecule has 0 aromatic heterocycles. The molecule has 1 aliphatic rings. The number of nitrogens with zero attached hydrogens (tertiary/aromatic N) is 1. The van der Waals surface area contributed by atoms with Crippen molar-refractivity contribution in [3.05, 3.63) is 29.3 Å². The van der Waals surface area contributed by atoms with Gasteiger partial charge < -0.3 is 10.6 Å². The van der Waals surface area contributed by atoms with E-state index in [0.29, 0.717) is 18.8 Å². The molecule has 0 aliphatic carbocycles. The summed E-state index contributed by atoms with van der Waals surface area (Å²) in [7, 11) is 1.72. The second-order valence-electron chi connectivity index (χ2n) is 4.73. The van der Waals surface area contributed by atoms with Crippen LogP contribution in [0.2, 0.25) is 0 Å². The molecule has 1 aliphatic heterocycles. The number of nitrogens with two attached hydrogens (primary N) is 1. The van der Waals surface area contributed by atoms with Gasteiger partial charge in [0.15, 0.2) is 0 Å². The highest BCUT2D eigenvalue weighted by molar-refractivity contribution is 5.63. The van der Waals surface area contributed by atoms with Crippen LogP contribution in [0, 0.1) is 0 Å². The summed E-state index contributed by atoms with van der Waals surface area (Å²) in [5.74, 6) is 0.142. The number of anilines is 1. The van der Waals surface area contributed by atoms with Crippen LogP contribution in [0.25, 0.3) is 0 Å². The largest absolute Gasteiger partial charge is 0.418 e. The average Bonchev–Trinajstić information content (AvgIpc) is 2.31. The van der Waals surface area contributed by atoms with Gasteiger partial charge in [0.25, 0.3) is 0 Å². The molecule has 18 heavy (non-hydrogen) atoms. The summed E-state index contributed by atoms with van der Waals surface area (Å²) in [6, 6.07) is 4.44. The topological polar surface area (TPSA) is 29.3 Å². The highest BCUT2D eigenvalue weighted by Gasteiger charge is 2.37. The molecule has 1 aromatic carbocycles. The van der Waals surface area contributed by atoms with Gasteiger partial charge in [0, 0.05) is 13.6 Å². The molecule has 100 valence electrons. The van der Waals surface area contributed by atoms with Crippen molar-refractivity contribution in [2.24, 2.45) is 5.73 Å². The molecule has 5 heteroatoms. The second-order valence-corrected chi connectivity index (χ2v) is 4.73. The van der Waals surface area contributed by atoms with Crippen LogP contribution in [0.15, 0.2) is 18.2 Å². The van der Waals surface area contributed by atoms with Gasteiger partial charge in [-0.15, -0.1) is 0 Å². The Hall–Kier alpha value is -1.23. The van der Waals surface area contributed by atoms with Crippen LogP contribution in [-0.2, 0) is 6.18 Å². The number of hydrogen-bond acceptors (Lipinski definition) is 2. The molecule has 0 saturated carbocycles. The lowest BCUT2D eigenvalue weighted by Gasteiger charge is -2.35. The van der Waals surface area contributed by atoms with E-state index in [1.807, 2.05) is 0 Å². The zero-order chi connectivity index (χ0) is 13.3. The zero-order valence-corrected chi connectivity index (χ0v) is 10.3. The molecule has 2 nitrogen and oxygen atoms in total. The molecule has 1 heterocycles. The van der Waals surface area contributed by atoms with Crippen molar-refractivity contribution < 1.29 is 13.2 Å². The van der Waals surface area contributed by atoms with Crippen molar-refractivity contribution in [3.63, 3.8) is 0 Å². The molecule has 0 bridgehead atoms. The Morgan fingerprint density at radius 3 is 2.72 bits per heavy atom. The Balaban J connectivity index is 2.52. The lowest BCUT2D eigenvalue weighted by Crippen LogP contribution is -2.30. The summed E-state index contributed by atoms with van der Waals surface area (Å²) in [6.07, 6.45) is -2.70. The van der Waals surface area contributed by atoms with Crippen molar-refractivity contribution in [2.45, 2.75) is 24.9 Å². The second kappa shape index (κ2) is 4.80. The number of alkyl halides is 3. The molecule has 1 aromatic rings. The fourth-order valence-corrected chi connectivity index (χ4v) is 2.66. The minimum absolute atomic E-state index is 0.142. The first-order chi connectivity index (χ1) is 8.45. The molecule has 0 amide bonds. The third-order valence-electron chi connectivity index (χ3n) is 3.52. The fourth-order valence-electron chi connectivity index (χ4n) is 2.66. The van der Waals surface area contributed by atoms with Crippen molar-refractivity contribution >= 4 is 5.69 Å². The number of para-hydroxylation sites is 1. The van der Waals surface area contributed by atoms with E-state index < -0.39 is 11.7 Å². The molecular weight excluding hydrogens is 241 g/mol. The lowest BCUT2D eigenvalue weighted by molar-refractivity contribution is -0.137. The van der Waals surface area contributed by atoms with Crippen LogP contribution in [0.3, 0.4) is 0 Å². The monoisotopic (exact) mass is 258 g/mol. The molecule has 0 radical (unpaired) electrons. The first kappa shape index (κ1) is 13.2. The van der Waals surface area contributed by atoms with E-state index >= 15 is 0 Å². The van der Waals surface area contributed by atoms with E-state index in [2.05, 4.69) is 0 Å². The Morgan fingerprint density at radius 1 is 1.39 bits per heavy atom. The predicted octanol–water partition coefficient (Wildman–Crippen LogP) is 2.98. The van der Waals surface area contributed by atoms with Gasteiger partial charge in [0.1, 0.15) is 0 Å². The predicted molar refractivity (Wildman–Crippen MR) is 65.7 cm³/mol. The van der Waals surface area contributed by atoms with Gasteiger partial charge in [-0.2, -0.15) is 13.2 Å². The third kappa shape index (κ3) is 2.32. The lowest BCUT2D eigenvalue weighted by atomic mass is 9.86. The Kier molecular flexibility index (Phi) is 3.52. The van der Waals surface area contributed by atoms with Crippen molar-refractivity contribution in [1.29, 1.82) is 0 Å². The number of rotatable bonds is 2. The number of fused-ring (bicyclic) bond motifs is 1. The molecule has 0 fully saturated rings. The standard InChI is InChI=1S/C13H17F3N2/c1-18-8-6-9(5-7-17)10-3-2-4-11(12(10)18)13(14,15)16/h2-4,9H,5-8,17H2,1H3. The van der Waals surface area contributed by atoms with Crippen LogP contribution in [0.1, 0.15) is 29.9 Å². The molecule has 2 rings (SSSR count). The molecule has 1 unspecified atom stereocenters. The summed E-state index contributed by atoms with van der Waals surface area (Å²) in [5, 5.41) is 0. The van der Waals surface area contributed by atoms with Crippen LogP contribution >= 0.6 is 0 Å². The summed E-state index contributed by atoms with van der Waals surface area (Å²) < 4.78 is 39.0. The maximum Gasteiger partial charge on any atom is 0.418 e. The van der Waals surface area contributed by atoms with Crippen LogP contribution in [0.4, 0.5) is 18.9 Å². The summed E-state index contributed by atoms with van der Waals surface area (Å²) in [6.45, 7) is 1.15. The van der Waals surface area contributed by atoms with Gasteiger partial charge >= 0.3 is 6.18 Å². The van der Waals surface area contributed by atoms with Crippen LogP contribution in [-0.4, -0.2) is 20.1 Å². The molecule has 0 saturated heterocycles. The molecular formula is C13H17F3N2. The quantitative estimate of drug-likeness (QED) is 0.883. The highest BCUT2D eigenvalue weighted by Crippen LogP contribution is 2.44. The zero-order valence-electron chi connectivity index (χ0n) is 10.3. The van der Waals surface area contributed by atoms with Gasteiger partial charge in [-0.25, -0.2) is 0 Å². The van der Waals surface area contributed by atoms with E-state index in [1.54, 1.807) is 18.0 Å². The van der Waals surface area contributed by atoms with E-state index in [-0.39, 0.29) is 5.92 Å². The summed E-state index contributed by atoms with van der Waals surface area (Å²) in [5.41, 5.74) is 6.11. The van der Waals surface area contributed by atoms with E-state index in [4.69, 9.17) is 5.73 Å². The average molecular weight is 258 g/mol. The first-order valence-electron chi connectivity index (χ1n) is 6.06. The number of benzene rings is 1. The maximum absolute atomic E-state index is 13.0. The molecule has 2 N–H and O–H groups in total. The van der Waals surface area contributed by atoms with E-state index in [0.717, 1.165) is 24.5 Å². The Bertz CT molecular complexity index is 429. The molecule has 0 spiro atoms. The first-order valence-corrected chi connectivity index (χ1v) is 6.06. The fraction of sp³-hybridized carbons (Fsp3) is 0.538. The van der Waals surface area contributed by atoms with Crippen molar-refractivity contribution in [1.82, 2.24) is 0 Å². The van der Waals surface area contributed by atoms with E-state index in [9.17, 15) is 13.2 Å². The molecule has 1 atom stereocenters. The van der Waals surface area contributed by atoms with Gasteiger partial charge in [-0.1, -0.05) is 12.1 Å². The number of hydrogen-bond donors (Lipinski definition) is 1. The normalized spacial score (nSPS) is 19.8. The summed E-state index contributed by atoms with van der Waals surface area (Å²) in [4.78, 5) is 1.70. The summed E-state index contributed by atoms with van der Waals surface area (Å²) >= 11 is 0. The van der Waals surface area contributed by atoms with E-state index in [1.165, 1.54) is 6.07 Å². The van der Waals surface area contributed by atoms with Crippen LogP contribution in [0.5, 0.6) is 0 Å².